The van der Waals surface area contributed by atoms with Crippen molar-refractivity contribution >= 4 is 0 Å². The molecule has 1 heteroatoms. The molecule has 0 aliphatic rings. The Morgan fingerprint density at radius 1 is 0.630 bits per heavy atom. The molecule has 2 rings (SSSR count). The van der Waals surface area contributed by atoms with E-state index >= 15 is 0 Å². The maximum Gasteiger partial charge on any atom is 0.123 e. The van der Waals surface area contributed by atoms with Gasteiger partial charge in [0.05, 0.1) is 0 Å². The highest BCUT2D eigenvalue weighted by molar-refractivity contribution is 5.73. The molecule has 148 valence electrons. The zero-order valence-electron chi connectivity index (χ0n) is 17.4. The summed E-state index contributed by atoms with van der Waals surface area (Å²) in [6.45, 7) is 4.55. The minimum Gasteiger partial charge on any atom is -0.507 e. The first kappa shape index (κ1) is 21.5. The molecule has 1 nitrogen and oxygen atoms in total. The van der Waals surface area contributed by atoms with Crippen molar-refractivity contribution in [1.82, 2.24) is 0 Å². The molecule has 1 unspecified atom stereocenters. The SMILES string of the molecule is CCCCCCCC(CCCCCC)c1ccccc1-c1ccccc1O. The zero-order chi connectivity index (χ0) is 19.3. The minimum absolute atomic E-state index is 0.387. The van der Waals surface area contributed by atoms with Gasteiger partial charge in [-0.1, -0.05) is 114 Å². The molecule has 0 saturated carbocycles. The van der Waals surface area contributed by atoms with Crippen molar-refractivity contribution in [3.05, 3.63) is 54.1 Å². The van der Waals surface area contributed by atoms with Gasteiger partial charge >= 0.3 is 0 Å². The second kappa shape index (κ2) is 12.6. The molecule has 0 bridgehead atoms. The predicted molar refractivity (Wildman–Crippen MR) is 118 cm³/mol. The smallest absolute Gasteiger partial charge is 0.123 e. The summed E-state index contributed by atoms with van der Waals surface area (Å²) in [5, 5.41) is 10.4. The van der Waals surface area contributed by atoms with Crippen molar-refractivity contribution in [3.63, 3.8) is 0 Å². The van der Waals surface area contributed by atoms with Gasteiger partial charge in [0.25, 0.3) is 0 Å². The summed E-state index contributed by atoms with van der Waals surface area (Å²) in [6, 6.07) is 16.5. The number of rotatable bonds is 13. The molecule has 0 saturated heterocycles. The third kappa shape index (κ3) is 7.05. The first-order valence-corrected chi connectivity index (χ1v) is 11.1. The average Bonchev–Trinajstić information content (AvgIpc) is 2.70. The van der Waals surface area contributed by atoms with Crippen LogP contribution in [-0.4, -0.2) is 5.11 Å². The second-order valence-electron chi connectivity index (χ2n) is 7.85. The van der Waals surface area contributed by atoms with Gasteiger partial charge in [-0.3, -0.25) is 0 Å². The van der Waals surface area contributed by atoms with E-state index in [0.29, 0.717) is 11.7 Å². The molecule has 2 aromatic rings. The number of aromatic hydroxyl groups is 1. The fourth-order valence-electron chi connectivity index (χ4n) is 4.07. The van der Waals surface area contributed by atoms with E-state index < -0.39 is 0 Å². The molecule has 0 spiro atoms. The average molecular weight is 367 g/mol. The molecule has 1 N–H and O–H groups in total. The molecule has 0 amide bonds. The largest absolute Gasteiger partial charge is 0.507 e. The molecule has 0 aliphatic carbocycles. The Hall–Kier alpha value is -1.76. The lowest BCUT2D eigenvalue weighted by Gasteiger charge is -2.21. The Kier molecular flexibility index (Phi) is 10.0. The van der Waals surface area contributed by atoms with Crippen LogP contribution >= 0.6 is 0 Å². The molecule has 0 aromatic heterocycles. The number of unbranched alkanes of at least 4 members (excludes halogenated alkanes) is 7. The van der Waals surface area contributed by atoms with E-state index in [-0.39, 0.29) is 0 Å². The monoisotopic (exact) mass is 366 g/mol. The Morgan fingerprint density at radius 3 is 1.78 bits per heavy atom. The lowest BCUT2D eigenvalue weighted by Crippen LogP contribution is -2.02. The standard InChI is InChI=1S/C26H38O/c1-3-5-7-9-11-17-22(16-10-8-6-4-2)23-18-12-13-19-24(23)25-20-14-15-21-26(25)27/h12-15,18-22,27H,3-11,16-17H2,1-2H3. The van der Waals surface area contributed by atoms with Crippen molar-refractivity contribution in [1.29, 1.82) is 0 Å². The molecule has 0 aliphatic heterocycles. The molecule has 27 heavy (non-hydrogen) atoms. The van der Waals surface area contributed by atoms with E-state index in [2.05, 4.69) is 38.1 Å². The summed E-state index contributed by atoms with van der Waals surface area (Å²) in [6.07, 6.45) is 14.5. The molecule has 0 radical (unpaired) electrons. The van der Waals surface area contributed by atoms with Crippen molar-refractivity contribution in [2.24, 2.45) is 0 Å². The molecule has 0 heterocycles. The van der Waals surface area contributed by atoms with Gasteiger partial charge in [0.15, 0.2) is 0 Å². The van der Waals surface area contributed by atoms with Crippen LogP contribution in [-0.2, 0) is 0 Å². The van der Waals surface area contributed by atoms with Crippen LogP contribution in [0.3, 0.4) is 0 Å². The molecule has 1 atom stereocenters. The van der Waals surface area contributed by atoms with Gasteiger partial charge in [-0.25, -0.2) is 0 Å². The predicted octanol–water partition coefficient (Wildman–Crippen LogP) is 8.47. The highest BCUT2D eigenvalue weighted by atomic mass is 16.3. The van der Waals surface area contributed by atoms with Crippen LogP contribution in [0.1, 0.15) is 96.0 Å². The topological polar surface area (TPSA) is 20.2 Å². The van der Waals surface area contributed by atoms with Crippen LogP contribution in [0.4, 0.5) is 0 Å². The van der Waals surface area contributed by atoms with E-state index in [1.165, 1.54) is 81.8 Å². The van der Waals surface area contributed by atoms with Gasteiger partial charge in [-0.05, 0) is 36.0 Å². The number of phenols is 1. The van der Waals surface area contributed by atoms with Crippen LogP contribution in [0.15, 0.2) is 48.5 Å². The van der Waals surface area contributed by atoms with E-state index in [0.717, 1.165) is 5.56 Å². The van der Waals surface area contributed by atoms with Gasteiger partial charge in [-0.15, -0.1) is 0 Å². The van der Waals surface area contributed by atoms with E-state index in [4.69, 9.17) is 0 Å². The van der Waals surface area contributed by atoms with Crippen LogP contribution < -0.4 is 0 Å². The highest BCUT2D eigenvalue weighted by Crippen LogP contribution is 2.38. The Balaban J connectivity index is 2.16. The summed E-state index contributed by atoms with van der Waals surface area (Å²) in [4.78, 5) is 0. The third-order valence-electron chi connectivity index (χ3n) is 5.66. The molecular formula is C26H38O. The normalized spacial score (nSPS) is 12.2. The first-order valence-electron chi connectivity index (χ1n) is 11.1. The lowest BCUT2D eigenvalue weighted by molar-refractivity contribution is 0.476. The summed E-state index contributed by atoms with van der Waals surface area (Å²) >= 11 is 0. The van der Waals surface area contributed by atoms with Crippen LogP contribution in [0, 0.1) is 0 Å². The van der Waals surface area contributed by atoms with Crippen LogP contribution in [0.25, 0.3) is 11.1 Å². The summed E-state index contributed by atoms with van der Waals surface area (Å²) in [5.41, 5.74) is 3.60. The number of hydrogen-bond donors (Lipinski definition) is 1. The van der Waals surface area contributed by atoms with Crippen molar-refractivity contribution in [2.75, 3.05) is 0 Å². The van der Waals surface area contributed by atoms with E-state index in [1.54, 1.807) is 6.07 Å². The number of hydrogen-bond acceptors (Lipinski definition) is 1. The van der Waals surface area contributed by atoms with Gasteiger partial charge in [0.1, 0.15) is 5.75 Å². The van der Waals surface area contributed by atoms with Gasteiger partial charge in [0.2, 0.25) is 0 Å². The van der Waals surface area contributed by atoms with Gasteiger partial charge in [-0.2, -0.15) is 0 Å². The molecular weight excluding hydrogens is 328 g/mol. The second-order valence-corrected chi connectivity index (χ2v) is 7.85. The summed E-state index contributed by atoms with van der Waals surface area (Å²) in [5.74, 6) is 0.983. The minimum atomic E-state index is 0.387. The maximum atomic E-state index is 10.4. The zero-order valence-corrected chi connectivity index (χ0v) is 17.4. The van der Waals surface area contributed by atoms with Crippen molar-refractivity contribution < 1.29 is 5.11 Å². The highest BCUT2D eigenvalue weighted by Gasteiger charge is 2.17. The Morgan fingerprint density at radius 2 is 1.15 bits per heavy atom. The fraction of sp³-hybridized carbons (Fsp3) is 0.538. The maximum absolute atomic E-state index is 10.4. The summed E-state index contributed by atoms with van der Waals surface area (Å²) in [7, 11) is 0. The van der Waals surface area contributed by atoms with Gasteiger partial charge < -0.3 is 5.11 Å². The number of phenolic OH excluding ortho intramolecular Hbond substituents is 1. The van der Waals surface area contributed by atoms with Crippen molar-refractivity contribution in [2.45, 2.75) is 90.4 Å². The van der Waals surface area contributed by atoms with E-state index in [9.17, 15) is 5.11 Å². The molecule has 0 fully saturated rings. The number of benzene rings is 2. The fourth-order valence-corrected chi connectivity index (χ4v) is 4.07. The number of para-hydroxylation sites is 1. The van der Waals surface area contributed by atoms with E-state index in [1.807, 2.05) is 18.2 Å². The van der Waals surface area contributed by atoms with Crippen LogP contribution in [0.2, 0.25) is 0 Å². The third-order valence-corrected chi connectivity index (χ3v) is 5.66. The van der Waals surface area contributed by atoms with Crippen molar-refractivity contribution in [3.8, 4) is 16.9 Å². The van der Waals surface area contributed by atoms with Gasteiger partial charge in [0, 0.05) is 5.56 Å². The quantitative estimate of drug-likeness (QED) is 0.352. The Bertz CT molecular complexity index is 646. The first-order chi connectivity index (χ1) is 13.3. The lowest BCUT2D eigenvalue weighted by atomic mass is 9.83. The summed E-state index contributed by atoms with van der Waals surface area (Å²) < 4.78 is 0. The molecule has 2 aromatic carbocycles. The van der Waals surface area contributed by atoms with Crippen LogP contribution in [0.5, 0.6) is 5.75 Å². The Labute approximate surface area is 166 Å².